The van der Waals surface area contributed by atoms with Crippen molar-refractivity contribution in [2.75, 3.05) is 0 Å². The molecule has 1 aliphatic rings. The topological polar surface area (TPSA) is 113 Å². The minimum atomic E-state index is -1.27. The van der Waals surface area contributed by atoms with Crippen LogP contribution >= 0.6 is 23.2 Å². The highest BCUT2D eigenvalue weighted by molar-refractivity contribution is 6.43. The van der Waals surface area contributed by atoms with E-state index < -0.39 is 24.0 Å². The van der Waals surface area contributed by atoms with E-state index in [4.69, 9.17) is 27.9 Å². The molecule has 0 spiro atoms. The Morgan fingerprint density at radius 2 is 1.97 bits per heavy atom. The zero-order valence-corrected chi connectivity index (χ0v) is 19.8. The van der Waals surface area contributed by atoms with Crippen LogP contribution in [0.5, 0.6) is 0 Å². The predicted octanol–water partition coefficient (Wildman–Crippen LogP) is 4.23. The van der Waals surface area contributed by atoms with Crippen molar-refractivity contribution < 1.29 is 19.1 Å². The summed E-state index contributed by atoms with van der Waals surface area (Å²) in [6, 6.07) is 8.28. The van der Waals surface area contributed by atoms with Gasteiger partial charge in [0.25, 0.3) is 5.91 Å². The number of urea groups is 1. The second-order valence-electron chi connectivity index (χ2n) is 7.69. The first-order valence-electron chi connectivity index (χ1n) is 10.2. The number of hydrogen-bond donors (Lipinski definition) is 2. The fourth-order valence-corrected chi connectivity index (χ4v) is 3.58. The number of imide groups is 1. The summed E-state index contributed by atoms with van der Waals surface area (Å²) in [5, 5.41) is 15.0. The van der Waals surface area contributed by atoms with Crippen molar-refractivity contribution in [3.05, 3.63) is 56.8 Å². The predicted molar refractivity (Wildman–Crippen MR) is 124 cm³/mol. The summed E-state index contributed by atoms with van der Waals surface area (Å²) in [7, 11) is 0. The second kappa shape index (κ2) is 10.1. The lowest BCUT2D eigenvalue weighted by molar-refractivity contribution is -0.150. The molecule has 172 valence electrons. The molecule has 10 heteroatoms. The Labute approximate surface area is 201 Å². The van der Waals surface area contributed by atoms with Crippen molar-refractivity contribution in [3.8, 4) is 11.8 Å². The van der Waals surface area contributed by atoms with Crippen LogP contribution < -0.4 is 10.6 Å². The molecule has 1 unspecified atom stereocenters. The van der Waals surface area contributed by atoms with Gasteiger partial charge in [-0.25, -0.2) is 9.59 Å². The Morgan fingerprint density at radius 1 is 1.27 bits per heavy atom. The molecule has 3 rings (SSSR count). The Bertz CT molecular complexity index is 1190. The fraction of sp³-hybridized carbons (Fsp3) is 0.304. The van der Waals surface area contributed by atoms with Gasteiger partial charge in [0, 0.05) is 17.4 Å². The first kappa shape index (κ1) is 24.4. The molecule has 0 saturated heterocycles. The molecular formula is C23H22Cl2N4O4. The number of amides is 3. The molecule has 1 aromatic heterocycles. The number of esters is 1. The van der Waals surface area contributed by atoms with Gasteiger partial charge < -0.3 is 14.6 Å². The zero-order chi connectivity index (χ0) is 24.3. The summed E-state index contributed by atoms with van der Waals surface area (Å²) < 4.78 is 6.94. The maximum atomic E-state index is 12.5. The van der Waals surface area contributed by atoms with E-state index in [9.17, 15) is 19.6 Å². The van der Waals surface area contributed by atoms with Gasteiger partial charge in [-0.1, -0.05) is 29.3 Å². The van der Waals surface area contributed by atoms with Crippen molar-refractivity contribution in [2.24, 2.45) is 0 Å². The monoisotopic (exact) mass is 488 g/mol. The largest absolute Gasteiger partial charge is 0.448 e. The van der Waals surface area contributed by atoms with Gasteiger partial charge in [-0.2, -0.15) is 5.26 Å². The second-order valence-corrected chi connectivity index (χ2v) is 8.47. The molecule has 33 heavy (non-hydrogen) atoms. The van der Waals surface area contributed by atoms with Gasteiger partial charge in [-0.3, -0.25) is 10.1 Å². The Kier molecular flexibility index (Phi) is 7.46. The number of nitrogens with zero attached hydrogens (tertiary/aromatic N) is 2. The number of aryl methyl sites for hydroxylation is 1. The number of halogens is 2. The normalized spacial score (nSPS) is 14.2. The Morgan fingerprint density at radius 3 is 2.61 bits per heavy atom. The quantitative estimate of drug-likeness (QED) is 0.358. The average molecular weight is 489 g/mol. The molecule has 1 atom stereocenters. The highest BCUT2D eigenvalue weighted by Crippen LogP contribution is 2.32. The third-order valence-electron chi connectivity index (χ3n) is 5.08. The zero-order valence-electron chi connectivity index (χ0n) is 18.2. The third kappa shape index (κ3) is 5.75. The van der Waals surface area contributed by atoms with E-state index in [-0.39, 0.29) is 11.6 Å². The van der Waals surface area contributed by atoms with Crippen LogP contribution in [0, 0.1) is 25.2 Å². The van der Waals surface area contributed by atoms with E-state index in [1.54, 1.807) is 30.3 Å². The third-order valence-corrected chi connectivity index (χ3v) is 5.89. The molecule has 2 aromatic rings. The number of carbonyl (C=O) groups excluding carboxylic acids is 3. The van der Waals surface area contributed by atoms with E-state index in [1.165, 1.54) is 13.0 Å². The minimum absolute atomic E-state index is 0.0737. The Hall–Kier alpha value is -3.28. The average Bonchev–Trinajstić information content (AvgIpc) is 3.52. The number of benzene rings is 1. The molecule has 1 fully saturated rings. The van der Waals surface area contributed by atoms with Crippen molar-refractivity contribution >= 4 is 47.2 Å². The first-order chi connectivity index (χ1) is 15.6. The highest BCUT2D eigenvalue weighted by Gasteiger charge is 2.26. The first-order valence-corrected chi connectivity index (χ1v) is 11.0. The van der Waals surface area contributed by atoms with Gasteiger partial charge >= 0.3 is 12.0 Å². The molecule has 1 aromatic carbocycles. The van der Waals surface area contributed by atoms with Crippen LogP contribution in [0.15, 0.2) is 29.8 Å². The fourth-order valence-electron chi connectivity index (χ4n) is 3.20. The number of hydrogen-bond acceptors (Lipinski definition) is 5. The van der Waals surface area contributed by atoms with Gasteiger partial charge in [0.05, 0.1) is 15.7 Å². The van der Waals surface area contributed by atoms with E-state index in [2.05, 4.69) is 10.6 Å². The van der Waals surface area contributed by atoms with Crippen molar-refractivity contribution in [2.45, 2.75) is 45.8 Å². The van der Waals surface area contributed by atoms with Crippen LogP contribution in [0.25, 0.3) is 11.8 Å². The molecule has 8 nitrogen and oxygen atoms in total. The summed E-state index contributed by atoms with van der Waals surface area (Å²) in [5.41, 5.74) is 2.49. The number of carbonyl (C=O) groups is 3. The lowest BCUT2D eigenvalue weighted by Crippen LogP contribution is -2.45. The number of nitrogens with one attached hydrogen (secondary N) is 2. The molecule has 1 aliphatic carbocycles. The molecule has 1 heterocycles. The van der Waals surface area contributed by atoms with Crippen molar-refractivity contribution in [3.63, 3.8) is 0 Å². The van der Waals surface area contributed by atoms with Crippen molar-refractivity contribution in [1.82, 2.24) is 15.2 Å². The van der Waals surface area contributed by atoms with Gasteiger partial charge in [-0.05, 0) is 63.5 Å². The summed E-state index contributed by atoms with van der Waals surface area (Å²) in [6.07, 6.45) is 1.85. The summed E-state index contributed by atoms with van der Waals surface area (Å²) in [4.78, 5) is 36.3. The molecule has 1 saturated carbocycles. The molecule has 3 amide bonds. The highest BCUT2D eigenvalue weighted by atomic mass is 35.5. The van der Waals surface area contributed by atoms with E-state index in [0.717, 1.165) is 24.2 Å². The van der Waals surface area contributed by atoms with Gasteiger partial charge in [0.15, 0.2) is 6.10 Å². The van der Waals surface area contributed by atoms with Crippen LogP contribution in [0.3, 0.4) is 0 Å². The number of aromatic nitrogens is 1. The lowest BCUT2D eigenvalue weighted by atomic mass is 10.1. The lowest BCUT2D eigenvalue weighted by Gasteiger charge is -2.13. The molecule has 0 bridgehead atoms. The van der Waals surface area contributed by atoms with Gasteiger partial charge in [-0.15, -0.1) is 0 Å². The van der Waals surface area contributed by atoms with Crippen LogP contribution in [0.1, 0.15) is 36.7 Å². The van der Waals surface area contributed by atoms with Crippen LogP contribution in [0.2, 0.25) is 10.0 Å². The summed E-state index contributed by atoms with van der Waals surface area (Å²) in [5.74, 6) is -1.76. The molecular weight excluding hydrogens is 467 g/mol. The molecule has 0 radical (unpaired) electrons. The van der Waals surface area contributed by atoms with Crippen LogP contribution in [0.4, 0.5) is 4.79 Å². The Balaban J connectivity index is 1.76. The van der Waals surface area contributed by atoms with Crippen molar-refractivity contribution in [1.29, 1.82) is 5.26 Å². The number of nitriles is 1. The number of ether oxygens (including phenoxy) is 1. The van der Waals surface area contributed by atoms with Crippen LogP contribution in [-0.2, 0) is 14.3 Å². The van der Waals surface area contributed by atoms with Gasteiger partial charge in [0.1, 0.15) is 11.6 Å². The SMILES string of the molecule is Cc1cc(/C=C(\C#N)C(=O)OC(C)C(=O)NC(=O)NC2CC2)c(C)n1-c1cccc(Cl)c1Cl. The van der Waals surface area contributed by atoms with E-state index >= 15 is 0 Å². The van der Waals surface area contributed by atoms with Crippen LogP contribution in [-0.4, -0.2) is 34.6 Å². The standard InChI is InChI=1S/C23H22Cl2N4O4/c1-12-9-15(13(2)29(12)19-6-4-5-18(24)20(19)25)10-16(11-26)22(31)33-14(3)21(30)28-23(32)27-17-7-8-17/h4-6,9-10,14,17H,7-8H2,1-3H3,(H2,27,28,30,32)/b16-10+. The summed E-state index contributed by atoms with van der Waals surface area (Å²) >= 11 is 12.5. The smallest absolute Gasteiger partial charge is 0.349 e. The van der Waals surface area contributed by atoms with E-state index in [0.29, 0.717) is 21.3 Å². The maximum Gasteiger partial charge on any atom is 0.349 e. The maximum absolute atomic E-state index is 12.5. The summed E-state index contributed by atoms with van der Waals surface area (Å²) in [6.45, 7) is 4.98. The molecule has 2 N–H and O–H groups in total. The van der Waals surface area contributed by atoms with E-state index in [1.807, 2.05) is 18.4 Å². The minimum Gasteiger partial charge on any atom is -0.448 e. The van der Waals surface area contributed by atoms with Gasteiger partial charge in [0.2, 0.25) is 0 Å². The molecule has 0 aliphatic heterocycles. The number of rotatable bonds is 6.